The van der Waals surface area contributed by atoms with E-state index in [-0.39, 0.29) is 18.6 Å². The zero-order valence-corrected chi connectivity index (χ0v) is 13.5. The normalized spacial score (nSPS) is 20.9. The predicted molar refractivity (Wildman–Crippen MR) is 85.4 cm³/mol. The molecule has 2 aliphatic rings. The first kappa shape index (κ1) is 15.6. The molecule has 120 valence electrons. The number of hydrogen-bond donors (Lipinski definition) is 2. The molecule has 1 amide bonds. The number of rotatable bonds is 6. The van der Waals surface area contributed by atoms with Crippen LogP contribution in [0.4, 0.5) is 0 Å². The standard InChI is InChI=1S/C17H22ClNO3/c1-17(10-20,11-5-6-11)19-16(21)14-8-7-13(9-15(14)18)22-12-3-2-4-12/h7-9,11-12,20H,2-6,10H2,1H3,(H,19,21). The summed E-state index contributed by atoms with van der Waals surface area (Å²) < 4.78 is 5.78. The van der Waals surface area contributed by atoms with Crippen LogP contribution < -0.4 is 10.1 Å². The monoisotopic (exact) mass is 323 g/mol. The van der Waals surface area contributed by atoms with Crippen molar-refractivity contribution in [3.8, 4) is 5.75 Å². The van der Waals surface area contributed by atoms with Crippen molar-refractivity contribution < 1.29 is 14.6 Å². The van der Waals surface area contributed by atoms with Crippen LogP contribution in [0.3, 0.4) is 0 Å². The molecule has 0 aromatic heterocycles. The van der Waals surface area contributed by atoms with Crippen LogP contribution in [0.25, 0.3) is 0 Å². The second-order valence-electron chi connectivity index (χ2n) is 6.62. The fraction of sp³-hybridized carbons (Fsp3) is 0.588. The van der Waals surface area contributed by atoms with Gasteiger partial charge in [0, 0.05) is 0 Å². The predicted octanol–water partition coefficient (Wildman–Crippen LogP) is 3.16. The molecule has 0 saturated heterocycles. The quantitative estimate of drug-likeness (QED) is 0.845. The number of aliphatic hydroxyl groups is 1. The lowest BCUT2D eigenvalue weighted by Gasteiger charge is -2.29. The zero-order chi connectivity index (χ0) is 15.7. The maximum atomic E-state index is 12.4. The van der Waals surface area contributed by atoms with Gasteiger partial charge in [-0.2, -0.15) is 0 Å². The second-order valence-corrected chi connectivity index (χ2v) is 7.02. The summed E-state index contributed by atoms with van der Waals surface area (Å²) in [7, 11) is 0. The van der Waals surface area contributed by atoms with Crippen LogP contribution in [0.1, 0.15) is 49.4 Å². The van der Waals surface area contributed by atoms with E-state index < -0.39 is 5.54 Å². The van der Waals surface area contributed by atoms with E-state index in [0.29, 0.717) is 22.3 Å². The summed E-state index contributed by atoms with van der Waals surface area (Å²) in [5.41, 5.74) is -0.149. The summed E-state index contributed by atoms with van der Waals surface area (Å²) in [6.45, 7) is 1.81. The van der Waals surface area contributed by atoms with Crippen LogP contribution in [0.15, 0.2) is 18.2 Å². The third-order valence-electron chi connectivity index (χ3n) is 4.75. The smallest absolute Gasteiger partial charge is 0.253 e. The van der Waals surface area contributed by atoms with Crippen LogP contribution in [0.2, 0.25) is 5.02 Å². The highest BCUT2D eigenvalue weighted by atomic mass is 35.5. The van der Waals surface area contributed by atoms with Gasteiger partial charge in [0.2, 0.25) is 0 Å². The number of amides is 1. The summed E-state index contributed by atoms with van der Waals surface area (Å²) in [6.07, 6.45) is 5.73. The lowest BCUT2D eigenvalue weighted by atomic mass is 9.96. The molecule has 0 radical (unpaired) electrons. The molecular formula is C17H22ClNO3. The van der Waals surface area contributed by atoms with Crippen molar-refractivity contribution in [2.45, 2.75) is 50.7 Å². The molecule has 0 bridgehead atoms. The van der Waals surface area contributed by atoms with Crippen LogP contribution in [-0.2, 0) is 0 Å². The average Bonchev–Trinajstić information content (AvgIpc) is 3.27. The van der Waals surface area contributed by atoms with Gasteiger partial charge in [-0.3, -0.25) is 4.79 Å². The Hall–Kier alpha value is -1.26. The van der Waals surface area contributed by atoms with Crippen molar-refractivity contribution in [1.82, 2.24) is 5.32 Å². The Balaban J connectivity index is 1.69. The Morgan fingerprint density at radius 3 is 2.64 bits per heavy atom. The van der Waals surface area contributed by atoms with Crippen LogP contribution in [-0.4, -0.2) is 29.3 Å². The summed E-state index contributed by atoms with van der Waals surface area (Å²) in [5, 5.41) is 12.9. The van der Waals surface area contributed by atoms with Gasteiger partial charge in [0.1, 0.15) is 5.75 Å². The summed E-state index contributed by atoms with van der Waals surface area (Å²) in [6, 6.07) is 5.17. The van der Waals surface area contributed by atoms with Crippen molar-refractivity contribution >= 4 is 17.5 Å². The van der Waals surface area contributed by atoms with Gasteiger partial charge in [-0.05, 0) is 63.1 Å². The van der Waals surface area contributed by atoms with Gasteiger partial charge in [-0.15, -0.1) is 0 Å². The van der Waals surface area contributed by atoms with E-state index in [1.807, 2.05) is 6.92 Å². The molecule has 1 unspecified atom stereocenters. The van der Waals surface area contributed by atoms with Crippen molar-refractivity contribution in [1.29, 1.82) is 0 Å². The van der Waals surface area contributed by atoms with Crippen molar-refractivity contribution in [2.75, 3.05) is 6.61 Å². The molecule has 0 aliphatic heterocycles. The SMILES string of the molecule is CC(CO)(NC(=O)c1ccc(OC2CCC2)cc1Cl)C1CC1. The molecule has 4 nitrogen and oxygen atoms in total. The molecule has 1 aromatic carbocycles. The first-order valence-electron chi connectivity index (χ1n) is 7.91. The number of aliphatic hydroxyl groups excluding tert-OH is 1. The molecule has 2 fully saturated rings. The second kappa shape index (κ2) is 6.09. The Bertz CT molecular complexity index is 569. The number of nitrogens with one attached hydrogen (secondary N) is 1. The Morgan fingerprint density at radius 1 is 1.41 bits per heavy atom. The third kappa shape index (κ3) is 3.23. The molecule has 0 heterocycles. The van der Waals surface area contributed by atoms with E-state index >= 15 is 0 Å². The lowest BCUT2D eigenvalue weighted by molar-refractivity contribution is 0.0824. The topological polar surface area (TPSA) is 58.6 Å². The zero-order valence-electron chi connectivity index (χ0n) is 12.8. The molecule has 2 saturated carbocycles. The fourth-order valence-corrected chi connectivity index (χ4v) is 3.01. The number of halogens is 1. The van der Waals surface area contributed by atoms with Gasteiger partial charge in [-0.25, -0.2) is 0 Å². The largest absolute Gasteiger partial charge is 0.490 e. The molecule has 2 aliphatic carbocycles. The van der Waals surface area contributed by atoms with Crippen molar-refractivity contribution in [2.24, 2.45) is 5.92 Å². The third-order valence-corrected chi connectivity index (χ3v) is 5.06. The summed E-state index contributed by atoms with van der Waals surface area (Å²) >= 11 is 6.23. The van der Waals surface area contributed by atoms with E-state index in [4.69, 9.17) is 16.3 Å². The first-order chi connectivity index (χ1) is 10.5. The minimum Gasteiger partial charge on any atom is -0.490 e. The number of carbonyl (C=O) groups excluding carboxylic acids is 1. The van der Waals surface area contributed by atoms with Gasteiger partial charge < -0.3 is 15.2 Å². The maximum Gasteiger partial charge on any atom is 0.253 e. The van der Waals surface area contributed by atoms with Gasteiger partial charge in [0.15, 0.2) is 0 Å². The number of carbonyl (C=O) groups is 1. The molecule has 3 rings (SSSR count). The minimum atomic E-state index is -0.568. The van der Waals surface area contributed by atoms with Gasteiger partial charge in [-0.1, -0.05) is 11.6 Å². The first-order valence-corrected chi connectivity index (χ1v) is 8.29. The fourth-order valence-electron chi connectivity index (χ4n) is 2.75. The van der Waals surface area contributed by atoms with Crippen LogP contribution in [0.5, 0.6) is 5.75 Å². The molecule has 0 spiro atoms. The lowest BCUT2D eigenvalue weighted by Crippen LogP contribution is -2.50. The van der Waals surface area contributed by atoms with Crippen LogP contribution >= 0.6 is 11.6 Å². The van der Waals surface area contributed by atoms with Crippen molar-refractivity contribution in [3.63, 3.8) is 0 Å². The van der Waals surface area contributed by atoms with E-state index in [9.17, 15) is 9.90 Å². The van der Waals surface area contributed by atoms with E-state index in [0.717, 1.165) is 25.7 Å². The Labute approximate surface area is 135 Å². The van der Waals surface area contributed by atoms with E-state index in [2.05, 4.69) is 5.32 Å². The van der Waals surface area contributed by atoms with E-state index in [1.165, 1.54) is 6.42 Å². The summed E-state index contributed by atoms with van der Waals surface area (Å²) in [5.74, 6) is 0.809. The molecule has 5 heteroatoms. The maximum absolute atomic E-state index is 12.4. The molecular weight excluding hydrogens is 302 g/mol. The average molecular weight is 324 g/mol. The number of ether oxygens (including phenoxy) is 1. The van der Waals surface area contributed by atoms with Gasteiger partial charge in [0.05, 0.1) is 28.8 Å². The van der Waals surface area contributed by atoms with E-state index in [1.54, 1.807) is 18.2 Å². The highest BCUT2D eigenvalue weighted by Crippen LogP contribution is 2.39. The highest BCUT2D eigenvalue weighted by molar-refractivity contribution is 6.34. The van der Waals surface area contributed by atoms with Gasteiger partial charge >= 0.3 is 0 Å². The van der Waals surface area contributed by atoms with Crippen LogP contribution in [0, 0.1) is 5.92 Å². The highest BCUT2D eigenvalue weighted by Gasteiger charge is 2.42. The molecule has 1 atom stereocenters. The Kier molecular flexibility index (Phi) is 4.33. The Morgan fingerprint density at radius 2 is 2.14 bits per heavy atom. The number of benzene rings is 1. The molecule has 1 aromatic rings. The molecule has 22 heavy (non-hydrogen) atoms. The van der Waals surface area contributed by atoms with Crippen molar-refractivity contribution in [3.05, 3.63) is 28.8 Å². The summed E-state index contributed by atoms with van der Waals surface area (Å²) in [4.78, 5) is 12.4. The van der Waals surface area contributed by atoms with Gasteiger partial charge in [0.25, 0.3) is 5.91 Å². The number of hydrogen-bond acceptors (Lipinski definition) is 3. The molecule has 2 N–H and O–H groups in total. The minimum absolute atomic E-state index is 0.0656.